The van der Waals surface area contributed by atoms with Crippen molar-refractivity contribution < 1.29 is 10.2 Å². The summed E-state index contributed by atoms with van der Waals surface area (Å²) in [6.07, 6.45) is 0. The molecule has 21 heavy (non-hydrogen) atoms. The molecule has 0 heterocycles. The van der Waals surface area contributed by atoms with Crippen molar-refractivity contribution in [2.75, 3.05) is 0 Å². The molecule has 114 valence electrons. The molecule has 0 saturated heterocycles. The summed E-state index contributed by atoms with van der Waals surface area (Å²) in [5, 5.41) is 19.2. The van der Waals surface area contributed by atoms with Crippen LogP contribution in [0.1, 0.15) is 5.56 Å². The maximum absolute atomic E-state index is 10.6. The highest BCUT2D eigenvalue weighted by Gasteiger charge is 2.60. The molecule has 0 radical (unpaired) electrons. The van der Waals surface area contributed by atoms with Crippen molar-refractivity contribution >= 4 is 69.6 Å². The third kappa shape index (κ3) is 2.60. The molecule has 0 bridgehead atoms. The van der Waals surface area contributed by atoms with Crippen LogP contribution in [0.15, 0.2) is 50.5 Å². The first-order valence-electron chi connectivity index (χ1n) is 5.60. The highest BCUT2D eigenvalue weighted by atomic mass is 35.5. The zero-order valence-electron chi connectivity index (χ0n) is 10.1. The fourth-order valence-electron chi connectivity index (χ4n) is 1.97. The number of alkyl halides is 2. The summed E-state index contributed by atoms with van der Waals surface area (Å²) in [4.78, 5) is -2.09. The third-order valence-corrected chi connectivity index (χ3v) is 6.66. The summed E-state index contributed by atoms with van der Waals surface area (Å²) in [6, 6.07) is 7.83. The van der Waals surface area contributed by atoms with Gasteiger partial charge in [0.2, 0.25) is 5.79 Å². The fourth-order valence-corrected chi connectivity index (χ4v) is 4.01. The first kappa shape index (κ1) is 17.7. The molecule has 8 heteroatoms. The van der Waals surface area contributed by atoms with Gasteiger partial charge >= 0.3 is 0 Å². The highest BCUT2D eigenvalue weighted by molar-refractivity contribution is 6.56. The van der Waals surface area contributed by atoms with Crippen molar-refractivity contribution in [2.24, 2.45) is 0 Å². The SMILES string of the molecule is OC(O)(c1ccccc1)C1(Cl)C(Cl)=C(Cl)C(Cl)=C(Cl)C1Cl. The molecule has 0 fully saturated rings. The van der Waals surface area contributed by atoms with Crippen LogP contribution in [-0.2, 0) is 5.79 Å². The van der Waals surface area contributed by atoms with Crippen LogP contribution in [0.3, 0.4) is 0 Å². The predicted molar refractivity (Wildman–Crippen MR) is 88.2 cm³/mol. The van der Waals surface area contributed by atoms with E-state index in [1.807, 2.05) is 0 Å². The predicted octanol–water partition coefficient (Wildman–Crippen LogP) is 4.80. The summed E-state index contributed by atoms with van der Waals surface area (Å²) in [6.45, 7) is 0. The molecule has 0 aromatic heterocycles. The Hall–Kier alpha value is 0.360. The first-order valence-corrected chi connectivity index (χ1v) is 7.92. The van der Waals surface area contributed by atoms with E-state index in [1.54, 1.807) is 18.2 Å². The lowest BCUT2D eigenvalue weighted by molar-refractivity contribution is -0.188. The van der Waals surface area contributed by atoms with Gasteiger partial charge in [0.05, 0.1) is 20.1 Å². The lowest BCUT2D eigenvalue weighted by atomic mass is 9.85. The zero-order valence-corrected chi connectivity index (χ0v) is 14.7. The Labute approximate surface area is 151 Å². The van der Waals surface area contributed by atoms with Crippen LogP contribution in [-0.4, -0.2) is 20.5 Å². The Morgan fingerprint density at radius 2 is 1.48 bits per heavy atom. The molecule has 1 aromatic rings. The molecular weight excluding hydrogens is 401 g/mol. The summed E-state index contributed by atoms with van der Waals surface area (Å²) >= 11 is 36.5. The van der Waals surface area contributed by atoms with E-state index in [1.165, 1.54) is 12.1 Å². The van der Waals surface area contributed by atoms with Crippen molar-refractivity contribution in [3.8, 4) is 0 Å². The lowest BCUT2D eigenvalue weighted by Gasteiger charge is -2.44. The summed E-state index contributed by atoms with van der Waals surface area (Å²) in [5.41, 5.74) is 0.0794. The normalized spacial score (nSPS) is 27.3. The van der Waals surface area contributed by atoms with E-state index >= 15 is 0 Å². The maximum Gasteiger partial charge on any atom is 0.216 e. The summed E-state index contributed by atoms with van der Waals surface area (Å²) in [7, 11) is 0. The van der Waals surface area contributed by atoms with Crippen LogP contribution < -0.4 is 0 Å². The van der Waals surface area contributed by atoms with Gasteiger partial charge in [0.1, 0.15) is 5.38 Å². The summed E-state index contributed by atoms with van der Waals surface area (Å²) in [5.74, 6) is -2.63. The molecular formula is C13H8Cl6O2. The largest absolute Gasteiger partial charge is 0.360 e. The molecule has 0 aliphatic heterocycles. The van der Waals surface area contributed by atoms with Crippen LogP contribution in [0.4, 0.5) is 0 Å². The van der Waals surface area contributed by atoms with Crippen molar-refractivity contribution in [3.63, 3.8) is 0 Å². The van der Waals surface area contributed by atoms with E-state index in [-0.39, 0.29) is 25.7 Å². The van der Waals surface area contributed by atoms with Crippen molar-refractivity contribution in [1.29, 1.82) is 0 Å². The molecule has 0 saturated carbocycles. The molecule has 2 nitrogen and oxygen atoms in total. The molecule has 0 amide bonds. The lowest BCUT2D eigenvalue weighted by Crippen LogP contribution is -2.55. The van der Waals surface area contributed by atoms with E-state index in [4.69, 9.17) is 69.6 Å². The van der Waals surface area contributed by atoms with Crippen LogP contribution in [0, 0.1) is 0 Å². The van der Waals surface area contributed by atoms with Crippen LogP contribution >= 0.6 is 69.6 Å². The van der Waals surface area contributed by atoms with Gasteiger partial charge in [-0.25, -0.2) is 0 Å². The molecule has 1 aromatic carbocycles. The smallest absolute Gasteiger partial charge is 0.216 e. The van der Waals surface area contributed by atoms with Gasteiger partial charge in [-0.1, -0.05) is 76.7 Å². The Morgan fingerprint density at radius 3 is 2.00 bits per heavy atom. The van der Waals surface area contributed by atoms with E-state index < -0.39 is 16.0 Å². The van der Waals surface area contributed by atoms with Gasteiger partial charge in [0, 0.05) is 5.56 Å². The van der Waals surface area contributed by atoms with Gasteiger partial charge < -0.3 is 10.2 Å². The van der Waals surface area contributed by atoms with Crippen LogP contribution in [0.2, 0.25) is 0 Å². The number of benzene rings is 1. The average molecular weight is 409 g/mol. The molecule has 1 aliphatic rings. The van der Waals surface area contributed by atoms with Gasteiger partial charge in [-0.05, 0) is 0 Å². The van der Waals surface area contributed by atoms with E-state index in [9.17, 15) is 10.2 Å². The Bertz CT molecular complexity index is 625. The number of rotatable bonds is 2. The second kappa shape index (κ2) is 6.10. The van der Waals surface area contributed by atoms with Crippen molar-refractivity contribution in [2.45, 2.75) is 16.0 Å². The first-order chi connectivity index (χ1) is 9.65. The van der Waals surface area contributed by atoms with Gasteiger partial charge in [0.25, 0.3) is 0 Å². The molecule has 2 unspecified atom stereocenters. The van der Waals surface area contributed by atoms with Crippen LogP contribution in [0.25, 0.3) is 0 Å². The molecule has 2 N–H and O–H groups in total. The van der Waals surface area contributed by atoms with E-state index in [2.05, 4.69) is 0 Å². The minimum atomic E-state index is -2.63. The number of allylic oxidation sites excluding steroid dienone is 3. The molecule has 2 atom stereocenters. The third-order valence-electron chi connectivity index (χ3n) is 3.17. The highest BCUT2D eigenvalue weighted by Crippen LogP contribution is 2.56. The standard InChI is InChI=1S/C13H8Cl6O2/c14-7-8(15)10(17)12(19,11(18)9(7)16)13(20,21)6-4-2-1-3-5-6/h1-5,10,20-21H. The number of aliphatic hydroxyl groups is 2. The van der Waals surface area contributed by atoms with Crippen molar-refractivity contribution in [3.05, 3.63) is 56.0 Å². The van der Waals surface area contributed by atoms with Gasteiger partial charge in [-0.3, -0.25) is 0 Å². The minimum absolute atomic E-state index is 0.0794. The zero-order chi connectivity index (χ0) is 16.0. The van der Waals surface area contributed by atoms with Gasteiger partial charge in [-0.15, -0.1) is 23.2 Å². The number of halogens is 6. The topological polar surface area (TPSA) is 40.5 Å². The number of hydrogen-bond acceptors (Lipinski definition) is 2. The van der Waals surface area contributed by atoms with Gasteiger partial charge in [0.15, 0.2) is 4.87 Å². The second-order valence-electron chi connectivity index (χ2n) is 4.40. The van der Waals surface area contributed by atoms with Crippen LogP contribution in [0.5, 0.6) is 0 Å². The molecule has 2 rings (SSSR count). The van der Waals surface area contributed by atoms with Gasteiger partial charge in [-0.2, -0.15) is 0 Å². The Morgan fingerprint density at radius 1 is 0.952 bits per heavy atom. The fraction of sp³-hybridized carbons (Fsp3) is 0.231. The Balaban J connectivity index is 2.67. The van der Waals surface area contributed by atoms with E-state index in [0.29, 0.717) is 0 Å². The monoisotopic (exact) mass is 406 g/mol. The Kier molecular flexibility index (Phi) is 5.15. The average Bonchev–Trinajstić information content (AvgIpc) is 2.49. The molecule has 1 aliphatic carbocycles. The quantitative estimate of drug-likeness (QED) is 0.545. The van der Waals surface area contributed by atoms with E-state index in [0.717, 1.165) is 0 Å². The summed E-state index contributed by atoms with van der Waals surface area (Å²) < 4.78 is 0. The minimum Gasteiger partial charge on any atom is -0.360 e. The number of hydrogen-bond donors (Lipinski definition) is 2. The van der Waals surface area contributed by atoms with Crippen molar-refractivity contribution in [1.82, 2.24) is 0 Å². The molecule has 0 spiro atoms. The maximum atomic E-state index is 10.6. The second-order valence-corrected chi connectivity index (χ2v) is 6.98.